The lowest BCUT2D eigenvalue weighted by Gasteiger charge is -2.41. The van der Waals surface area contributed by atoms with Gasteiger partial charge in [0.05, 0.1) is 5.41 Å². The molecule has 24 heavy (non-hydrogen) atoms. The average molecular weight is 332 g/mol. The first-order valence-corrected chi connectivity index (χ1v) is 8.51. The molecule has 0 aromatic heterocycles. The number of aldehydes is 1. The molecular weight excluding hydrogens is 304 g/mol. The van der Waals surface area contributed by atoms with E-state index in [9.17, 15) is 9.59 Å². The van der Waals surface area contributed by atoms with Gasteiger partial charge < -0.3 is 15.4 Å². The molecule has 132 valence electrons. The van der Waals surface area contributed by atoms with E-state index < -0.39 is 5.41 Å². The molecule has 1 heterocycles. The van der Waals surface area contributed by atoms with Crippen molar-refractivity contribution in [2.75, 3.05) is 13.1 Å². The van der Waals surface area contributed by atoms with Gasteiger partial charge in [-0.2, -0.15) is 0 Å². The Morgan fingerprint density at radius 2 is 2.00 bits per heavy atom. The Morgan fingerprint density at radius 1 is 1.33 bits per heavy atom. The summed E-state index contributed by atoms with van der Waals surface area (Å²) in [5.74, 6) is -0.226. The van der Waals surface area contributed by atoms with Crippen LogP contribution in [0.2, 0.25) is 0 Å². The van der Waals surface area contributed by atoms with Crippen molar-refractivity contribution in [2.24, 2.45) is 11.1 Å². The molecule has 2 rings (SSSR count). The lowest BCUT2D eigenvalue weighted by Crippen LogP contribution is -2.45. The summed E-state index contributed by atoms with van der Waals surface area (Å²) in [5, 5.41) is 1.73. The fraction of sp³-hybridized carbons (Fsp3) is 0.579. The second-order valence-electron chi connectivity index (χ2n) is 7.61. The Morgan fingerprint density at radius 3 is 2.54 bits per heavy atom. The van der Waals surface area contributed by atoms with E-state index in [1.54, 1.807) is 5.06 Å². The number of piperidine rings is 1. The van der Waals surface area contributed by atoms with Crippen molar-refractivity contribution in [3.05, 3.63) is 35.4 Å². The SMILES string of the molecule is CC(C)(C)C(=O)ON1CCC(CC=O)(c2cccc(CN)c2)CC1. The molecule has 0 amide bonds. The van der Waals surface area contributed by atoms with E-state index in [0.29, 0.717) is 26.1 Å². The number of benzene rings is 1. The third-order valence-electron chi connectivity index (χ3n) is 4.75. The van der Waals surface area contributed by atoms with Crippen molar-refractivity contribution in [2.45, 2.75) is 52.0 Å². The summed E-state index contributed by atoms with van der Waals surface area (Å²) in [4.78, 5) is 28.8. The Bertz CT molecular complexity index is 585. The van der Waals surface area contributed by atoms with Gasteiger partial charge in [-0.15, -0.1) is 5.06 Å². The number of hydrogen-bond acceptors (Lipinski definition) is 5. The molecular formula is C19H28N2O3. The van der Waals surface area contributed by atoms with Crippen molar-refractivity contribution in [3.63, 3.8) is 0 Å². The van der Waals surface area contributed by atoms with Crippen LogP contribution < -0.4 is 5.73 Å². The highest BCUT2D eigenvalue weighted by atomic mass is 16.7. The van der Waals surface area contributed by atoms with Crippen molar-refractivity contribution < 1.29 is 14.4 Å². The molecule has 0 atom stereocenters. The van der Waals surface area contributed by atoms with Gasteiger partial charge in [0.15, 0.2) is 0 Å². The highest BCUT2D eigenvalue weighted by molar-refractivity contribution is 5.75. The van der Waals surface area contributed by atoms with E-state index in [1.807, 2.05) is 32.9 Å². The number of carbonyl (C=O) groups excluding carboxylic acids is 2. The van der Waals surface area contributed by atoms with Crippen molar-refractivity contribution in [1.29, 1.82) is 0 Å². The van der Waals surface area contributed by atoms with E-state index in [0.717, 1.165) is 30.3 Å². The van der Waals surface area contributed by atoms with Crippen LogP contribution in [0.3, 0.4) is 0 Å². The van der Waals surface area contributed by atoms with Crippen molar-refractivity contribution in [1.82, 2.24) is 5.06 Å². The molecule has 1 aliphatic rings. The summed E-state index contributed by atoms with van der Waals surface area (Å²) in [6, 6.07) is 8.16. The minimum Gasteiger partial charge on any atom is -0.367 e. The molecule has 0 saturated carbocycles. The Kier molecular flexibility index (Phi) is 5.78. The lowest BCUT2D eigenvalue weighted by molar-refractivity contribution is -0.207. The first-order valence-electron chi connectivity index (χ1n) is 8.51. The number of nitrogens with zero attached hydrogens (tertiary/aromatic N) is 1. The fourth-order valence-electron chi connectivity index (χ4n) is 3.06. The third kappa shape index (κ3) is 4.22. The molecule has 5 nitrogen and oxygen atoms in total. The lowest BCUT2D eigenvalue weighted by atomic mass is 9.71. The molecule has 0 unspecified atom stereocenters. The standard InChI is InChI=1S/C19H28N2O3/c1-18(2,3)17(23)24-21-10-7-19(8-11-21,9-12-22)16-6-4-5-15(13-16)14-20/h4-6,12-13H,7-11,14,20H2,1-3H3. The van der Waals surface area contributed by atoms with Gasteiger partial charge in [0.2, 0.25) is 0 Å². The van der Waals surface area contributed by atoms with Gasteiger partial charge >= 0.3 is 5.97 Å². The first kappa shape index (κ1) is 18.6. The number of carbonyl (C=O) groups is 2. The second-order valence-corrected chi connectivity index (χ2v) is 7.61. The molecule has 1 aromatic carbocycles. The van der Waals surface area contributed by atoms with Gasteiger partial charge in [0.1, 0.15) is 6.29 Å². The largest absolute Gasteiger partial charge is 0.367 e. The van der Waals surface area contributed by atoms with Crippen LogP contribution in [0.15, 0.2) is 24.3 Å². The molecule has 1 aromatic rings. The summed E-state index contributed by atoms with van der Waals surface area (Å²) in [6.07, 6.45) is 3.02. The summed E-state index contributed by atoms with van der Waals surface area (Å²) in [5.41, 5.74) is 7.25. The van der Waals surface area contributed by atoms with Crippen LogP contribution >= 0.6 is 0 Å². The van der Waals surface area contributed by atoms with Gasteiger partial charge in [-0.1, -0.05) is 24.3 Å². The zero-order chi connectivity index (χ0) is 17.8. The predicted octanol–water partition coefficient (Wildman–Crippen LogP) is 2.57. The maximum atomic E-state index is 12.0. The van der Waals surface area contributed by atoms with Gasteiger partial charge in [-0.3, -0.25) is 0 Å². The van der Waals surface area contributed by atoms with Crippen LogP contribution in [-0.4, -0.2) is 30.4 Å². The normalized spacial score (nSPS) is 18.2. The number of hydroxylamine groups is 2. The smallest absolute Gasteiger partial charge is 0.330 e. The maximum absolute atomic E-state index is 12.0. The third-order valence-corrected chi connectivity index (χ3v) is 4.75. The number of nitrogens with two attached hydrogens (primary N) is 1. The highest BCUT2D eigenvalue weighted by Crippen LogP contribution is 2.38. The molecule has 1 aliphatic heterocycles. The zero-order valence-electron chi connectivity index (χ0n) is 14.9. The van der Waals surface area contributed by atoms with Crippen LogP contribution in [0.25, 0.3) is 0 Å². The fourth-order valence-corrected chi connectivity index (χ4v) is 3.06. The Hall–Kier alpha value is -1.72. The second kappa shape index (κ2) is 7.45. The van der Waals surface area contributed by atoms with Crippen LogP contribution in [0.5, 0.6) is 0 Å². The number of rotatable bonds is 5. The van der Waals surface area contributed by atoms with Crippen LogP contribution in [0.1, 0.15) is 51.2 Å². The molecule has 0 spiro atoms. The predicted molar refractivity (Wildman–Crippen MR) is 93.0 cm³/mol. The van der Waals surface area contributed by atoms with E-state index in [-0.39, 0.29) is 11.4 Å². The van der Waals surface area contributed by atoms with E-state index in [2.05, 4.69) is 12.1 Å². The zero-order valence-corrected chi connectivity index (χ0v) is 14.9. The Labute approximate surface area is 144 Å². The minimum atomic E-state index is -0.521. The maximum Gasteiger partial charge on any atom is 0.330 e. The van der Waals surface area contributed by atoms with Crippen molar-refractivity contribution in [3.8, 4) is 0 Å². The van der Waals surface area contributed by atoms with E-state index in [1.165, 1.54) is 0 Å². The molecule has 0 bridgehead atoms. The summed E-state index contributed by atoms with van der Waals surface area (Å²) in [6.45, 7) is 7.27. The molecule has 0 radical (unpaired) electrons. The van der Waals surface area contributed by atoms with Crippen LogP contribution in [-0.2, 0) is 26.4 Å². The number of hydrogen-bond donors (Lipinski definition) is 1. The summed E-state index contributed by atoms with van der Waals surface area (Å²) >= 11 is 0. The molecule has 1 saturated heterocycles. The molecule has 2 N–H and O–H groups in total. The van der Waals surface area contributed by atoms with E-state index in [4.69, 9.17) is 10.6 Å². The topological polar surface area (TPSA) is 72.6 Å². The summed E-state index contributed by atoms with van der Waals surface area (Å²) < 4.78 is 0. The quantitative estimate of drug-likeness (QED) is 0.839. The Balaban J connectivity index is 2.11. The van der Waals surface area contributed by atoms with Gasteiger partial charge in [0.25, 0.3) is 0 Å². The first-order chi connectivity index (χ1) is 11.3. The van der Waals surface area contributed by atoms with Crippen molar-refractivity contribution >= 4 is 12.3 Å². The summed E-state index contributed by atoms with van der Waals surface area (Å²) in [7, 11) is 0. The molecule has 0 aliphatic carbocycles. The van der Waals surface area contributed by atoms with Gasteiger partial charge in [-0.25, -0.2) is 4.79 Å². The average Bonchev–Trinajstić information content (AvgIpc) is 2.56. The molecule has 1 fully saturated rings. The molecule has 5 heteroatoms. The highest BCUT2D eigenvalue weighted by Gasteiger charge is 2.38. The van der Waals surface area contributed by atoms with Gasteiger partial charge in [0, 0.05) is 31.5 Å². The van der Waals surface area contributed by atoms with Gasteiger partial charge in [-0.05, 0) is 44.7 Å². The monoisotopic (exact) mass is 332 g/mol. The van der Waals surface area contributed by atoms with Crippen LogP contribution in [0.4, 0.5) is 0 Å². The van der Waals surface area contributed by atoms with E-state index >= 15 is 0 Å². The van der Waals surface area contributed by atoms with Crippen LogP contribution in [0, 0.1) is 5.41 Å². The minimum absolute atomic E-state index is 0.197.